The number of benzene rings is 1. The summed E-state index contributed by atoms with van der Waals surface area (Å²) in [6, 6.07) is 6.73. The van der Waals surface area contributed by atoms with E-state index in [0.717, 1.165) is 12.8 Å². The number of carbonyl (C=O) groups excluding carboxylic acids is 2. The summed E-state index contributed by atoms with van der Waals surface area (Å²) in [5.74, 6) is -0.727. The summed E-state index contributed by atoms with van der Waals surface area (Å²) in [5, 5.41) is 3.21. The number of aryl methyl sites for hydroxylation is 1. The summed E-state index contributed by atoms with van der Waals surface area (Å²) in [6.07, 6.45) is 2.82. The van der Waals surface area contributed by atoms with Crippen LogP contribution in [0.15, 0.2) is 33.9 Å². The van der Waals surface area contributed by atoms with Crippen molar-refractivity contribution in [2.45, 2.75) is 51.1 Å². The molecule has 8 nitrogen and oxygen atoms in total. The number of H-pyrrole nitrogens is 1. The Morgan fingerprint density at radius 2 is 1.93 bits per heavy atom. The Bertz CT molecular complexity index is 969. The number of nitrogens with one attached hydrogen (secondary N) is 2. The number of aromatic amines is 1. The summed E-state index contributed by atoms with van der Waals surface area (Å²) < 4.78 is 6.50. The van der Waals surface area contributed by atoms with Crippen LogP contribution < -0.4 is 16.6 Å². The van der Waals surface area contributed by atoms with E-state index in [0.29, 0.717) is 23.7 Å². The van der Waals surface area contributed by atoms with Crippen molar-refractivity contribution in [1.82, 2.24) is 14.9 Å². The number of hydrogen-bond donors (Lipinski definition) is 2. The van der Waals surface area contributed by atoms with Gasteiger partial charge in [-0.15, -0.1) is 0 Å². The zero-order valence-electron chi connectivity index (χ0n) is 15.2. The highest BCUT2D eigenvalue weighted by Gasteiger charge is 2.43. The lowest BCUT2D eigenvalue weighted by Gasteiger charge is -2.27. The quantitative estimate of drug-likeness (QED) is 0.736. The highest BCUT2D eigenvalue weighted by Crippen LogP contribution is 2.31. The predicted molar refractivity (Wildman–Crippen MR) is 99.4 cm³/mol. The average Bonchev–Trinajstić information content (AvgIpc) is 3.11. The van der Waals surface area contributed by atoms with Crippen LogP contribution in [0.1, 0.15) is 39.0 Å². The Hall–Kier alpha value is -2.90. The molecule has 1 aliphatic rings. The summed E-state index contributed by atoms with van der Waals surface area (Å²) in [5.41, 5.74) is -1.51. The van der Waals surface area contributed by atoms with Crippen molar-refractivity contribution in [3.05, 3.63) is 45.1 Å². The molecular weight excluding hydrogens is 350 g/mol. The van der Waals surface area contributed by atoms with E-state index in [1.807, 2.05) is 0 Å². The van der Waals surface area contributed by atoms with Crippen molar-refractivity contribution in [1.29, 1.82) is 0 Å². The highest BCUT2D eigenvalue weighted by atomic mass is 16.5. The lowest BCUT2D eigenvalue weighted by atomic mass is 9.97. The third-order valence-corrected chi connectivity index (χ3v) is 4.97. The standard InChI is InChI=1S/C19H23N3O5/c1-2-27-17(25)19(10-5-6-11-19)21-15(23)9-12-22-14-8-4-3-7-13(14)16(24)20-18(22)26/h3-4,7-8H,2,5-6,9-12H2,1H3,(H,21,23)(H,20,24,26). The van der Waals surface area contributed by atoms with Gasteiger partial charge in [0.2, 0.25) is 5.91 Å². The SMILES string of the molecule is CCOC(=O)C1(NC(=O)CCn2c(=O)[nH]c(=O)c3ccccc32)CCCC1. The zero-order valence-corrected chi connectivity index (χ0v) is 15.2. The number of fused-ring (bicyclic) bond motifs is 1. The zero-order chi connectivity index (χ0) is 19.4. The van der Waals surface area contributed by atoms with Crippen molar-refractivity contribution in [3.8, 4) is 0 Å². The van der Waals surface area contributed by atoms with E-state index in [9.17, 15) is 19.2 Å². The number of amides is 1. The number of carbonyl (C=O) groups is 2. The van der Waals surface area contributed by atoms with Crippen LogP contribution in [0.25, 0.3) is 10.9 Å². The number of rotatable bonds is 6. The number of nitrogens with zero attached hydrogens (tertiary/aromatic N) is 1. The Morgan fingerprint density at radius 1 is 1.22 bits per heavy atom. The van der Waals surface area contributed by atoms with E-state index < -0.39 is 22.8 Å². The molecule has 1 fully saturated rings. The second-order valence-electron chi connectivity index (χ2n) is 6.74. The molecule has 2 aromatic rings. The van der Waals surface area contributed by atoms with Crippen LogP contribution >= 0.6 is 0 Å². The molecule has 0 radical (unpaired) electrons. The summed E-state index contributed by atoms with van der Waals surface area (Å²) >= 11 is 0. The third-order valence-electron chi connectivity index (χ3n) is 4.97. The number of ether oxygens (including phenoxy) is 1. The van der Waals surface area contributed by atoms with Gasteiger partial charge in [0.25, 0.3) is 5.56 Å². The van der Waals surface area contributed by atoms with Gasteiger partial charge in [0.15, 0.2) is 0 Å². The van der Waals surface area contributed by atoms with E-state index >= 15 is 0 Å². The highest BCUT2D eigenvalue weighted by molar-refractivity contribution is 5.88. The van der Waals surface area contributed by atoms with Crippen LogP contribution in [-0.2, 0) is 20.9 Å². The Labute approximate surface area is 155 Å². The molecule has 8 heteroatoms. The van der Waals surface area contributed by atoms with Crippen molar-refractivity contribution in [2.75, 3.05) is 6.61 Å². The fourth-order valence-corrected chi connectivity index (χ4v) is 3.64. The number of aromatic nitrogens is 2. The largest absolute Gasteiger partial charge is 0.464 e. The van der Waals surface area contributed by atoms with Gasteiger partial charge >= 0.3 is 11.7 Å². The van der Waals surface area contributed by atoms with Gasteiger partial charge in [0.05, 0.1) is 17.5 Å². The normalized spacial score (nSPS) is 15.6. The summed E-state index contributed by atoms with van der Waals surface area (Å²) in [6.45, 7) is 2.09. The Kier molecular flexibility index (Phi) is 5.43. The fraction of sp³-hybridized carbons (Fsp3) is 0.474. The van der Waals surface area contributed by atoms with Crippen molar-refractivity contribution in [3.63, 3.8) is 0 Å². The number of para-hydroxylation sites is 1. The average molecular weight is 373 g/mol. The molecule has 27 heavy (non-hydrogen) atoms. The molecule has 144 valence electrons. The first-order valence-electron chi connectivity index (χ1n) is 9.17. The van der Waals surface area contributed by atoms with Crippen LogP contribution in [0.2, 0.25) is 0 Å². The van der Waals surface area contributed by atoms with Crippen LogP contribution in [0, 0.1) is 0 Å². The van der Waals surface area contributed by atoms with Gasteiger partial charge in [-0.1, -0.05) is 25.0 Å². The van der Waals surface area contributed by atoms with Crippen molar-refractivity contribution in [2.24, 2.45) is 0 Å². The number of esters is 1. The molecule has 1 aromatic carbocycles. The van der Waals surface area contributed by atoms with Gasteiger partial charge in [-0.25, -0.2) is 9.59 Å². The minimum absolute atomic E-state index is 0.0110. The lowest BCUT2D eigenvalue weighted by molar-refractivity contribution is -0.153. The molecule has 0 aliphatic heterocycles. The summed E-state index contributed by atoms with van der Waals surface area (Å²) in [7, 11) is 0. The molecule has 0 spiro atoms. The van der Waals surface area contributed by atoms with E-state index in [2.05, 4.69) is 10.3 Å². The van der Waals surface area contributed by atoms with Crippen LogP contribution in [-0.4, -0.2) is 33.6 Å². The first-order chi connectivity index (χ1) is 13.0. The monoisotopic (exact) mass is 373 g/mol. The maximum absolute atomic E-state index is 12.5. The summed E-state index contributed by atoms with van der Waals surface area (Å²) in [4.78, 5) is 51.1. The molecule has 0 atom stereocenters. The Morgan fingerprint density at radius 3 is 2.63 bits per heavy atom. The molecule has 0 unspecified atom stereocenters. The molecule has 1 heterocycles. The van der Waals surface area contributed by atoms with Gasteiger partial charge in [0.1, 0.15) is 5.54 Å². The molecule has 1 amide bonds. The van der Waals surface area contributed by atoms with E-state index in [-0.39, 0.29) is 25.5 Å². The van der Waals surface area contributed by atoms with Gasteiger partial charge in [-0.2, -0.15) is 0 Å². The van der Waals surface area contributed by atoms with E-state index in [4.69, 9.17) is 4.74 Å². The fourth-order valence-electron chi connectivity index (χ4n) is 3.64. The van der Waals surface area contributed by atoms with Gasteiger partial charge < -0.3 is 10.1 Å². The molecule has 1 aliphatic carbocycles. The smallest absolute Gasteiger partial charge is 0.331 e. The molecule has 1 aromatic heterocycles. The van der Waals surface area contributed by atoms with Gasteiger partial charge in [-0.05, 0) is 31.9 Å². The predicted octanol–water partition coefficient (Wildman–Crippen LogP) is 1.07. The van der Waals surface area contributed by atoms with Crippen LogP contribution in [0.4, 0.5) is 0 Å². The molecule has 1 saturated carbocycles. The Balaban J connectivity index is 1.76. The second-order valence-corrected chi connectivity index (χ2v) is 6.74. The molecular formula is C19H23N3O5. The molecule has 3 rings (SSSR count). The maximum atomic E-state index is 12.5. The first kappa shape index (κ1) is 18.9. The minimum Gasteiger partial charge on any atom is -0.464 e. The van der Waals surface area contributed by atoms with Gasteiger partial charge in [-0.3, -0.25) is 19.1 Å². The lowest BCUT2D eigenvalue weighted by Crippen LogP contribution is -2.53. The van der Waals surface area contributed by atoms with Crippen molar-refractivity contribution >= 4 is 22.8 Å². The molecule has 0 saturated heterocycles. The maximum Gasteiger partial charge on any atom is 0.331 e. The van der Waals surface area contributed by atoms with Crippen molar-refractivity contribution < 1.29 is 14.3 Å². The van der Waals surface area contributed by atoms with E-state index in [1.165, 1.54) is 4.57 Å². The molecule has 2 N–H and O–H groups in total. The molecule has 0 bridgehead atoms. The minimum atomic E-state index is -0.967. The van der Waals surface area contributed by atoms with Crippen LogP contribution in [0.3, 0.4) is 0 Å². The van der Waals surface area contributed by atoms with Gasteiger partial charge in [0, 0.05) is 13.0 Å². The first-order valence-corrected chi connectivity index (χ1v) is 9.17. The van der Waals surface area contributed by atoms with Crippen LogP contribution in [0.5, 0.6) is 0 Å². The van der Waals surface area contributed by atoms with E-state index in [1.54, 1.807) is 31.2 Å². The topological polar surface area (TPSA) is 110 Å². The second kappa shape index (κ2) is 7.77. The third kappa shape index (κ3) is 3.79. The number of hydrogen-bond acceptors (Lipinski definition) is 5.